The van der Waals surface area contributed by atoms with Gasteiger partial charge in [0.15, 0.2) is 0 Å². The molecule has 1 amide bonds. The lowest BCUT2D eigenvalue weighted by Crippen LogP contribution is -2.46. The van der Waals surface area contributed by atoms with E-state index in [1.807, 2.05) is 36.4 Å². The molecule has 1 unspecified atom stereocenters. The molecule has 0 radical (unpaired) electrons. The molecule has 2 rings (SSSR count). The Morgan fingerprint density at radius 2 is 2.00 bits per heavy atom. The van der Waals surface area contributed by atoms with E-state index in [4.69, 9.17) is 10.00 Å². The van der Waals surface area contributed by atoms with Crippen molar-refractivity contribution in [3.63, 3.8) is 0 Å². The number of benzene rings is 2. The third kappa shape index (κ3) is 5.31. The zero-order valence-corrected chi connectivity index (χ0v) is 15.0. The Kier molecular flexibility index (Phi) is 7.15. The van der Waals surface area contributed by atoms with Crippen molar-refractivity contribution < 1.29 is 14.6 Å². The minimum Gasteiger partial charge on any atom is -0.489 e. The fourth-order valence-electron chi connectivity index (χ4n) is 2.58. The van der Waals surface area contributed by atoms with Crippen LogP contribution >= 0.6 is 0 Å². The van der Waals surface area contributed by atoms with Crippen LogP contribution in [0.4, 0.5) is 0 Å². The number of hydrogen-bond donors (Lipinski definition) is 2. The van der Waals surface area contributed by atoms with Crippen molar-refractivity contribution in [1.82, 2.24) is 10.2 Å². The smallest absolute Gasteiger partial charge is 0.239 e. The lowest BCUT2D eigenvalue weighted by Gasteiger charge is -2.25. The van der Waals surface area contributed by atoms with Crippen LogP contribution < -0.4 is 10.1 Å². The molecule has 0 aliphatic heterocycles. The molecule has 1 atom stereocenters. The topological polar surface area (TPSA) is 85.6 Å². The van der Waals surface area contributed by atoms with Gasteiger partial charge < -0.3 is 15.2 Å². The van der Waals surface area contributed by atoms with E-state index in [1.54, 1.807) is 31.1 Å². The Labute approximate surface area is 153 Å². The maximum Gasteiger partial charge on any atom is 0.239 e. The normalized spacial score (nSPS) is 11.7. The highest BCUT2D eigenvalue weighted by Crippen LogP contribution is 2.16. The van der Waals surface area contributed by atoms with Crippen LogP contribution in [0.5, 0.6) is 5.75 Å². The number of nitrogens with one attached hydrogen (secondary N) is 1. The summed E-state index contributed by atoms with van der Waals surface area (Å²) in [5.74, 6) is 0.512. The Morgan fingerprint density at radius 3 is 2.62 bits per heavy atom. The lowest BCUT2D eigenvalue weighted by molar-refractivity contribution is -0.127. The van der Waals surface area contributed by atoms with Crippen molar-refractivity contribution in [2.24, 2.45) is 0 Å². The Hall–Kier alpha value is -2.88. The van der Waals surface area contributed by atoms with Crippen molar-refractivity contribution in [3.05, 3.63) is 65.2 Å². The number of aliphatic hydroxyl groups excluding tert-OH is 1. The first-order chi connectivity index (χ1) is 12.6. The van der Waals surface area contributed by atoms with Crippen LogP contribution in [0.25, 0.3) is 0 Å². The van der Waals surface area contributed by atoms with Gasteiger partial charge in [0.1, 0.15) is 18.4 Å². The highest BCUT2D eigenvalue weighted by atomic mass is 16.5. The van der Waals surface area contributed by atoms with Gasteiger partial charge in [0.2, 0.25) is 5.91 Å². The fourth-order valence-corrected chi connectivity index (χ4v) is 2.58. The van der Waals surface area contributed by atoms with Crippen LogP contribution in [-0.2, 0) is 17.9 Å². The van der Waals surface area contributed by atoms with Crippen molar-refractivity contribution in [3.8, 4) is 11.8 Å². The van der Waals surface area contributed by atoms with Gasteiger partial charge in [0.05, 0.1) is 18.2 Å². The molecule has 136 valence electrons. The second-order valence-electron chi connectivity index (χ2n) is 5.97. The monoisotopic (exact) mass is 353 g/mol. The highest BCUT2D eigenvalue weighted by Gasteiger charge is 2.21. The van der Waals surface area contributed by atoms with Gasteiger partial charge in [-0.3, -0.25) is 9.69 Å². The number of nitriles is 1. The number of nitrogens with zero attached hydrogens (tertiary/aromatic N) is 2. The van der Waals surface area contributed by atoms with E-state index < -0.39 is 6.04 Å². The van der Waals surface area contributed by atoms with Crippen molar-refractivity contribution in [1.29, 1.82) is 5.26 Å². The summed E-state index contributed by atoms with van der Waals surface area (Å²) in [6.07, 6.45) is 0. The molecule has 2 aromatic rings. The molecule has 26 heavy (non-hydrogen) atoms. The molecule has 0 aliphatic carbocycles. The van der Waals surface area contributed by atoms with Crippen molar-refractivity contribution in [2.75, 3.05) is 20.7 Å². The molecular weight excluding hydrogens is 330 g/mol. The number of rotatable bonds is 8. The highest BCUT2D eigenvalue weighted by molar-refractivity contribution is 5.81. The summed E-state index contributed by atoms with van der Waals surface area (Å²) < 4.78 is 5.75. The molecule has 2 aromatic carbocycles. The molecule has 6 heteroatoms. The standard InChI is InChI=1S/C20H23N3O3/c1-22-20(25)19(13-24)23(2)12-15-6-8-18(9-7-15)26-14-17-5-3-4-16(10-17)11-21/h3-10,19,24H,12-14H2,1-2H3,(H,22,25). The van der Waals surface area contributed by atoms with Gasteiger partial charge in [-0.2, -0.15) is 5.26 Å². The van der Waals surface area contributed by atoms with Gasteiger partial charge in [0.25, 0.3) is 0 Å². The largest absolute Gasteiger partial charge is 0.489 e. The fraction of sp³-hybridized carbons (Fsp3) is 0.300. The van der Waals surface area contributed by atoms with Crippen LogP contribution in [0.2, 0.25) is 0 Å². The third-order valence-electron chi connectivity index (χ3n) is 4.07. The summed E-state index contributed by atoms with van der Waals surface area (Å²) in [5, 5.41) is 20.9. The van der Waals surface area contributed by atoms with E-state index in [9.17, 15) is 9.90 Å². The van der Waals surface area contributed by atoms with E-state index >= 15 is 0 Å². The van der Waals surface area contributed by atoms with E-state index in [1.165, 1.54) is 0 Å². The number of amides is 1. The Balaban J connectivity index is 1.93. The van der Waals surface area contributed by atoms with Gasteiger partial charge in [-0.15, -0.1) is 0 Å². The van der Waals surface area contributed by atoms with Gasteiger partial charge in [-0.05, 0) is 42.4 Å². The van der Waals surface area contributed by atoms with Crippen molar-refractivity contribution in [2.45, 2.75) is 19.2 Å². The summed E-state index contributed by atoms with van der Waals surface area (Å²) in [7, 11) is 3.35. The average Bonchev–Trinajstić information content (AvgIpc) is 2.68. The van der Waals surface area contributed by atoms with Gasteiger partial charge in [0, 0.05) is 13.6 Å². The maximum atomic E-state index is 11.7. The van der Waals surface area contributed by atoms with E-state index in [-0.39, 0.29) is 12.5 Å². The van der Waals surface area contributed by atoms with E-state index in [2.05, 4.69) is 11.4 Å². The van der Waals surface area contributed by atoms with Crippen LogP contribution in [0.1, 0.15) is 16.7 Å². The van der Waals surface area contributed by atoms with Crippen molar-refractivity contribution >= 4 is 5.91 Å². The van der Waals surface area contributed by atoms with Gasteiger partial charge in [-0.25, -0.2) is 0 Å². The molecule has 6 nitrogen and oxygen atoms in total. The third-order valence-corrected chi connectivity index (χ3v) is 4.07. The molecule has 0 aromatic heterocycles. The summed E-state index contributed by atoms with van der Waals surface area (Å²) in [6, 6.07) is 16.4. The molecule has 0 bridgehead atoms. The lowest BCUT2D eigenvalue weighted by atomic mass is 10.1. The number of hydrogen-bond acceptors (Lipinski definition) is 5. The average molecular weight is 353 g/mol. The molecule has 0 saturated carbocycles. The predicted octanol–water partition coefficient (Wildman–Crippen LogP) is 1.68. The first-order valence-electron chi connectivity index (χ1n) is 8.31. The molecule has 0 heterocycles. The van der Waals surface area contributed by atoms with Crippen LogP contribution in [0.15, 0.2) is 48.5 Å². The molecular formula is C20H23N3O3. The predicted molar refractivity (Wildman–Crippen MR) is 98.3 cm³/mol. The SMILES string of the molecule is CNC(=O)C(CO)N(C)Cc1ccc(OCc2cccc(C#N)c2)cc1. The summed E-state index contributed by atoms with van der Waals surface area (Å²) in [6.45, 7) is 0.681. The minimum absolute atomic E-state index is 0.213. The van der Waals surface area contributed by atoms with Crippen LogP contribution in [0.3, 0.4) is 0 Å². The summed E-state index contributed by atoms with van der Waals surface area (Å²) >= 11 is 0. The quantitative estimate of drug-likeness (QED) is 0.754. The molecule has 2 N–H and O–H groups in total. The Morgan fingerprint density at radius 1 is 1.27 bits per heavy atom. The summed E-state index contributed by atoms with van der Waals surface area (Å²) in [5.41, 5.74) is 2.55. The van der Waals surface area contributed by atoms with E-state index in [0.717, 1.165) is 16.9 Å². The maximum absolute atomic E-state index is 11.7. The number of carbonyl (C=O) groups excluding carboxylic acids is 1. The second-order valence-corrected chi connectivity index (χ2v) is 5.97. The number of likely N-dealkylation sites (N-methyl/N-ethyl adjacent to an activating group) is 2. The van der Waals surface area contributed by atoms with Gasteiger partial charge in [-0.1, -0.05) is 24.3 Å². The molecule has 0 spiro atoms. The van der Waals surface area contributed by atoms with Gasteiger partial charge >= 0.3 is 0 Å². The number of ether oxygens (including phenoxy) is 1. The molecule has 0 saturated heterocycles. The van der Waals surface area contributed by atoms with E-state index in [0.29, 0.717) is 18.7 Å². The zero-order chi connectivity index (χ0) is 18.9. The molecule has 0 fully saturated rings. The zero-order valence-electron chi connectivity index (χ0n) is 15.0. The second kappa shape index (κ2) is 9.56. The first-order valence-corrected chi connectivity index (χ1v) is 8.31. The number of aliphatic hydroxyl groups is 1. The minimum atomic E-state index is -0.580. The number of carbonyl (C=O) groups is 1. The first kappa shape index (κ1) is 19.4. The Bertz CT molecular complexity index is 769. The molecule has 0 aliphatic rings. The summed E-state index contributed by atoms with van der Waals surface area (Å²) in [4.78, 5) is 13.5. The van der Waals surface area contributed by atoms with Crippen LogP contribution in [-0.4, -0.2) is 42.7 Å². The van der Waals surface area contributed by atoms with Crippen LogP contribution in [0, 0.1) is 11.3 Å².